The molecular weight excluding hydrogens is 443 g/mol. The summed E-state index contributed by atoms with van der Waals surface area (Å²) >= 11 is 0. The lowest BCUT2D eigenvalue weighted by Gasteiger charge is -2.13. The van der Waals surface area contributed by atoms with E-state index in [9.17, 15) is 14.3 Å². The number of carbonyl (C=O) groups excluding carboxylic acids is 1. The number of para-hydroxylation sites is 1. The molecule has 0 aliphatic carbocycles. The SMILES string of the molecule is CCn1cc(-c2ccnc(CCC(C)CNC(=O)c3ccccc3O)c2)c(-c2ccc(F)cc2)n1. The van der Waals surface area contributed by atoms with Crippen LogP contribution in [0.5, 0.6) is 5.75 Å². The number of phenolic OH excluding ortho intramolecular Hbond substituents is 1. The second-order valence-electron chi connectivity index (χ2n) is 8.66. The first-order chi connectivity index (χ1) is 16.9. The number of aromatic nitrogens is 3. The van der Waals surface area contributed by atoms with Crippen LogP contribution in [0.25, 0.3) is 22.4 Å². The molecule has 0 aliphatic heterocycles. The van der Waals surface area contributed by atoms with E-state index in [0.29, 0.717) is 6.54 Å². The lowest BCUT2D eigenvalue weighted by molar-refractivity contribution is 0.0945. The smallest absolute Gasteiger partial charge is 0.255 e. The molecule has 2 N–H and O–H groups in total. The van der Waals surface area contributed by atoms with Crippen LogP contribution in [-0.4, -0.2) is 32.3 Å². The number of amides is 1. The molecule has 35 heavy (non-hydrogen) atoms. The van der Waals surface area contributed by atoms with Gasteiger partial charge in [0.2, 0.25) is 0 Å². The lowest BCUT2D eigenvalue weighted by atomic mass is 9.99. The van der Waals surface area contributed by atoms with E-state index in [2.05, 4.69) is 23.3 Å². The minimum absolute atomic E-state index is 0.0231. The van der Waals surface area contributed by atoms with Crippen LogP contribution in [0, 0.1) is 11.7 Å². The average molecular weight is 473 g/mol. The Bertz CT molecular complexity index is 1300. The Morgan fingerprint density at radius 2 is 1.89 bits per heavy atom. The highest BCUT2D eigenvalue weighted by Gasteiger charge is 2.15. The minimum Gasteiger partial charge on any atom is -0.507 e. The molecule has 0 fully saturated rings. The second-order valence-corrected chi connectivity index (χ2v) is 8.66. The van der Waals surface area contributed by atoms with Gasteiger partial charge in [-0.05, 0) is 79.8 Å². The molecule has 7 heteroatoms. The monoisotopic (exact) mass is 472 g/mol. The van der Waals surface area contributed by atoms with Crippen LogP contribution in [0.1, 0.15) is 36.3 Å². The first kappa shape index (κ1) is 24.1. The number of pyridine rings is 1. The first-order valence-electron chi connectivity index (χ1n) is 11.8. The maximum absolute atomic E-state index is 13.4. The third-order valence-electron chi connectivity index (χ3n) is 5.98. The van der Waals surface area contributed by atoms with E-state index in [1.165, 1.54) is 18.2 Å². The molecular formula is C28H29FN4O2. The number of aromatic hydroxyl groups is 1. The van der Waals surface area contributed by atoms with Gasteiger partial charge >= 0.3 is 0 Å². The number of nitrogens with one attached hydrogen (secondary N) is 1. The van der Waals surface area contributed by atoms with E-state index in [4.69, 9.17) is 5.10 Å². The van der Waals surface area contributed by atoms with Crippen molar-refractivity contribution in [3.8, 4) is 28.1 Å². The highest BCUT2D eigenvalue weighted by molar-refractivity contribution is 5.96. The molecule has 0 aliphatic rings. The van der Waals surface area contributed by atoms with Crippen molar-refractivity contribution >= 4 is 5.91 Å². The van der Waals surface area contributed by atoms with Gasteiger partial charge in [0.1, 0.15) is 17.3 Å². The molecule has 1 unspecified atom stereocenters. The van der Waals surface area contributed by atoms with Crippen LogP contribution in [0.3, 0.4) is 0 Å². The molecule has 6 nitrogen and oxygen atoms in total. The Morgan fingerprint density at radius 3 is 2.63 bits per heavy atom. The zero-order chi connectivity index (χ0) is 24.8. The fourth-order valence-corrected chi connectivity index (χ4v) is 3.92. The largest absolute Gasteiger partial charge is 0.507 e. The van der Waals surface area contributed by atoms with Gasteiger partial charge in [-0.25, -0.2) is 4.39 Å². The summed E-state index contributed by atoms with van der Waals surface area (Å²) in [5.74, 6) is -0.350. The minimum atomic E-state index is -0.281. The van der Waals surface area contributed by atoms with Gasteiger partial charge in [-0.2, -0.15) is 5.10 Å². The van der Waals surface area contributed by atoms with E-state index in [1.54, 1.807) is 36.5 Å². The topological polar surface area (TPSA) is 80.0 Å². The molecule has 4 rings (SSSR count). The van der Waals surface area contributed by atoms with Crippen LogP contribution in [0.15, 0.2) is 73.1 Å². The summed E-state index contributed by atoms with van der Waals surface area (Å²) in [5.41, 5.74) is 4.89. The molecule has 4 aromatic rings. The number of halogens is 1. The predicted molar refractivity (Wildman–Crippen MR) is 134 cm³/mol. The van der Waals surface area contributed by atoms with E-state index in [0.717, 1.165) is 47.5 Å². The molecule has 0 saturated carbocycles. The molecule has 1 atom stereocenters. The van der Waals surface area contributed by atoms with Crippen molar-refractivity contribution in [1.29, 1.82) is 0 Å². The van der Waals surface area contributed by atoms with E-state index in [1.807, 2.05) is 23.9 Å². The Balaban J connectivity index is 1.42. The number of aryl methyl sites for hydroxylation is 2. The Labute approximate surface area is 204 Å². The summed E-state index contributed by atoms with van der Waals surface area (Å²) in [6.07, 6.45) is 5.41. The van der Waals surface area contributed by atoms with E-state index >= 15 is 0 Å². The number of rotatable bonds is 9. The zero-order valence-electron chi connectivity index (χ0n) is 19.9. The Kier molecular flexibility index (Phi) is 7.55. The van der Waals surface area contributed by atoms with Gasteiger partial charge in [0, 0.05) is 42.3 Å². The Hall–Kier alpha value is -4.00. The number of phenols is 1. The fourth-order valence-electron chi connectivity index (χ4n) is 3.92. The number of benzene rings is 2. The number of hydrogen-bond acceptors (Lipinski definition) is 4. The third kappa shape index (κ3) is 5.93. The van der Waals surface area contributed by atoms with Crippen LogP contribution in [0.2, 0.25) is 0 Å². The van der Waals surface area contributed by atoms with Crippen molar-refractivity contribution in [3.63, 3.8) is 0 Å². The van der Waals surface area contributed by atoms with Crippen molar-refractivity contribution in [2.45, 2.75) is 33.2 Å². The van der Waals surface area contributed by atoms with Crippen LogP contribution < -0.4 is 5.32 Å². The Morgan fingerprint density at radius 1 is 1.11 bits per heavy atom. The molecule has 0 radical (unpaired) electrons. The molecule has 180 valence electrons. The summed E-state index contributed by atoms with van der Waals surface area (Å²) in [7, 11) is 0. The molecule has 1 amide bonds. The maximum Gasteiger partial charge on any atom is 0.255 e. The summed E-state index contributed by atoms with van der Waals surface area (Å²) < 4.78 is 15.3. The third-order valence-corrected chi connectivity index (χ3v) is 5.98. The molecule has 2 aromatic heterocycles. The van der Waals surface area contributed by atoms with E-state index < -0.39 is 0 Å². The summed E-state index contributed by atoms with van der Waals surface area (Å²) in [6, 6.07) is 16.9. The summed E-state index contributed by atoms with van der Waals surface area (Å²) in [6.45, 7) is 5.34. The summed E-state index contributed by atoms with van der Waals surface area (Å²) in [4.78, 5) is 16.9. The van der Waals surface area contributed by atoms with Gasteiger partial charge in [-0.3, -0.25) is 14.5 Å². The van der Waals surface area contributed by atoms with E-state index in [-0.39, 0.29) is 29.0 Å². The van der Waals surface area contributed by atoms with Crippen molar-refractivity contribution in [2.75, 3.05) is 6.54 Å². The van der Waals surface area contributed by atoms with Gasteiger partial charge in [0.15, 0.2) is 0 Å². The molecule has 0 saturated heterocycles. The fraction of sp³-hybridized carbons (Fsp3) is 0.250. The van der Waals surface area contributed by atoms with Gasteiger partial charge in [-0.1, -0.05) is 19.1 Å². The van der Waals surface area contributed by atoms with Crippen molar-refractivity contribution in [1.82, 2.24) is 20.1 Å². The summed E-state index contributed by atoms with van der Waals surface area (Å²) in [5, 5.41) is 17.4. The normalized spacial score (nSPS) is 11.9. The van der Waals surface area contributed by atoms with Gasteiger partial charge < -0.3 is 10.4 Å². The van der Waals surface area contributed by atoms with Gasteiger partial charge in [0.05, 0.1) is 5.56 Å². The molecule has 2 aromatic carbocycles. The number of nitrogens with zero attached hydrogens (tertiary/aromatic N) is 3. The number of carbonyl (C=O) groups is 1. The second kappa shape index (κ2) is 11.0. The van der Waals surface area contributed by atoms with Crippen molar-refractivity contribution < 1.29 is 14.3 Å². The lowest BCUT2D eigenvalue weighted by Crippen LogP contribution is -2.28. The molecule has 2 heterocycles. The predicted octanol–water partition coefficient (Wildman–Crippen LogP) is 5.48. The standard InChI is InChI=1S/C28H29FN4O2/c1-3-33-18-25(27(32-33)20-9-11-22(29)12-10-20)21-14-15-30-23(16-21)13-8-19(2)17-31-28(35)24-6-4-5-7-26(24)34/h4-7,9-12,14-16,18-19,34H,3,8,13,17H2,1-2H3,(H,31,35). The zero-order valence-corrected chi connectivity index (χ0v) is 19.9. The highest BCUT2D eigenvalue weighted by Crippen LogP contribution is 2.31. The highest BCUT2D eigenvalue weighted by atomic mass is 19.1. The molecule has 0 spiro atoms. The molecule has 0 bridgehead atoms. The van der Waals surface area contributed by atoms with Gasteiger partial charge in [-0.15, -0.1) is 0 Å². The first-order valence-corrected chi connectivity index (χ1v) is 11.8. The van der Waals surface area contributed by atoms with Crippen LogP contribution in [0.4, 0.5) is 4.39 Å². The van der Waals surface area contributed by atoms with Crippen molar-refractivity contribution in [3.05, 3.63) is 90.1 Å². The van der Waals surface area contributed by atoms with Crippen LogP contribution in [-0.2, 0) is 13.0 Å². The van der Waals surface area contributed by atoms with Gasteiger partial charge in [0.25, 0.3) is 5.91 Å². The number of hydrogen-bond donors (Lipinski definition) is 2. The van der Waals surface area contributed by atoms with Crippen LogP contribution >= 0.6 is 0 Å². The quantitative estimate of drug-likeness (QED) is 0.338. The average Bonchev–Trinajstić information content (AvgIpc) is 3.31. The van der Waals surface area contributed by atoms with Crippen molar-refractivity contribution in [2.24, 2.45) is 5.92 Å². The maximum atomic E-state index is 13.4.